The van der Waals surface area contributed by atoms with Crippen LogP contribution in [0.4, 0.5) is 11.4 Å². The molecule has 0 saturated carbocycles. The standard InChI is InChI=1S/C16H28N2O/c1-6-18(7-2)15-10-8-14(9-11-15)17-12-13-19-16(3,4)5/h8-11,17H,6-7,12-13H2,1-5H3. The highest BCUT2D eigenvalue weighted by atomic mass is 16.5. The monoisotopic (exact) mass is 264 g/mol. The molecule has 1 aromatic carbocycles. The molecule has 0 spiro atoms. The normalized spacial score (nSPS) is 11.4. The van der Waals surface area contributed by atoms with Gasteiger partial charge in [0, 0.05) is 31.0 Å². The Morgan fingerprint density at radius 1 is 1.05 bits per heavy atom. The van der Waals surface area contributed by atoms with Gasteiger partial charge in [0.15, 0.2) is 0 Å². The Bertz CT molecular complexity index is 350. The van der Waals surface area contributed by atoms with E-state index in [0.717, 1.165) is 31.9 Å². The lowest BCUT2D eigenvalue weighted by atomic mass is 10.2. The Hall–Kier alpha value is -1.22. The molecule has 0 aliphatic rings. The molecule has 0 aliphatic heterocycles. The fraction of sp³-hybridized carbons (Fsp3) is 0.625. The first kappa shape index (κ1) is 15.8. The number of benzene rings is 1. The fourth-order valence-corrected chi connectivity index (χ4v) is 1.93. The number of hydrogen-bond donors (Lipinski definition) is 1. The molecule has 0 bridgehead atoms. The number of hydrogen-bond acceptors (Lipinski definition) is 3. The van der Waals surface area contributed by atoms with E-state index in [0.29, 0.717) is 0 Å². The number of nitrogens with one attached hydrogen (secondary N) is 1. The minimum atomic E-state index is -0.0612. The Morgan fingerprint density at radius 3 is 2.11 bits per heavy atom. The largest absolute Gasteiger partial charge is 0.383 e. The average molecular weight is 264 g/mol. The van der Waals surface area contributed by atoms with E-state index in [1.165, 1.54) is 5.69 Å². The van der Waals surface area contributed by atoms with Crippen molar-refractivity contribution in [3.05, 3.63) is 24.3 Å². The van der Waals surface area contributed by atoms with Crippen LogP contribution in [0.5, 0.6) is 0 Å². The lowest BCUT2D eigenvalue weighted by Crippen LogP contribution is -2.23. The lowest BCUT2D eigenvalue weighted by molar-refractivity contribution is 0.00333. The molecule has 0 unspecified atom stereocenters. The highest BCUT2D eigenvalue weighted by molar-refractivity contribution is 5.55. The molecule has 3 nitrogen and oxygen atoms in total. The van der Waals surface area contributed by atoms with Gasteiger partial charge in [-0.2, -0.15) is 0 Å². The molecular weight excluding hydrogens is 236 g/mol. The topological polar surface area (TPSA) is 24.5 Å². The van der Waals surface area contributed by atoms with E-state index in [9.17, 15) is 0 Å². The zero-order valence-electron chi connectivity index (χ0n) is 13.0. The summed E-state index contributed by atoms with van der Waals surface area (Å²) in [4.78, 5) is 2.34. The lowest BCUT2D eigenvalue weighted by Gasteiger charge is -2.21. The molecule has 0 aliphatic carbocycles. The van der Waals surface area contributed by atoms with E-state index in [4.69, 9.17) is 4.74 Å². The van der Waals surface area contributed by atoms with Crippen molar-refractivity contribution in [1.82, 2.24) is 0 Å². The Balaban J connectivity index is 2.40. The highest BCUT2D eigenvalue weighted by Crippen LogP contribution is 2.17. The first-order valence-electron chi connectivity index (χ1n) is 7.19. The summed E-state index contributed by atoms with van der Waals surface area (Å²) < 4.78 is 5.68. The number of rotatable bonds is 7. The maximum atomic E-state index is 5.68. The van der Waals surface area contributed by atoms with Crippen LogP contribution >= 0.6 is 0 Å². The second-order valence-corrected chi connectivity index (χ2v) is 5.61. The van der Waals surface area contributed by atoms with Crippen molar-refractivity contribution in [2.45, 2.75) is 40.2 Å². The van der Waals surface area contributed by atoms with Crippen molar-refractivity contribution in [2.75, 3.05) is 36.5 Å². The first-order chi connectivity index (χ1) is 8.96. The third-order valence-electron chi connectivity index (χ3n) is 2.96. The van der Waals surface area contributed by atoms with E-state index in [-0.39, 0.29) is 5.60 Å². The van der Waals surface area contributed by atoms with Crippen molar-refractivity contribution >= 4 is 11.4 Å². The van der Waals surface area contributed by atoms with Crippen molar-refractivity contribution < 1.29 is 4.74 Å². The molecule has 1 rings (SSSR count). The van der Waals surface area contributed by atoms with Gasteiger partial charge in [0.2, 0.25) is 0 Å². The minimum Gasteiger partial charge on any atom is -0.383 e. The third-order valence-corrected chi connectivity index (χ3v) is 2.96. The highest BCUT2D eigenvalue weighted by Gasteiger charge is 2.08. The second-order valence-electron chi connectivity index (χ2n) is 5.61. The van der Waals surface area contributed by atoms with Gasteiger partial charge in [-0.3, -0.25) is 0 Å². The number of nitrogens with zero attached hydrogens (tertiary/aromatic N) is 1. The van der Waals surface area contributed by atoms with Crippen LogP contribution in [0.3, 0.4) is 0 Å². The molecular formula is C16H28N2O. The van der Waals surface area contributed by atoms with Gasteiger partial charge in [0.05, 0.1) is 12.2 Å². The SMILES string of the molecule is CCN(CC)c1ccc(NCCOC(C)(C)C)cc1. The molecule has 1 N–H and O–H groups in total. The van der Waals surface area contributed by atoms with Crippen molar-refractivity contribution in [3.63, 3.8) is 0 Å². The summed E-state index contributed by atoms with van der Waals surface area (Å²) in [5, 5.41) is 3.38. The molecule has 0 aromatic heterocycles. The molecule has 0 radical (unpaired) electrons. The van der Waals surface area contributed by atoms with Gasteiger partial charge in [-0.05, 0) is 58.9 Å². The Morgan fingerprint density at radius 2 is 1.63 bits per heavy atom. The van der Waals surface area contributed by atoms with E-state index < -0.39 is 0 Å². The summed E-state index contributed by atoms with van der Waals surface area (Å²) in [6, 6.07) is 8.59. The predicted molar refractivity (Wildman–Crippen MR) is 84.2 cm³/mol. The molecule has 0 saturated heterocycles. The molecule has 1 aromatic rings. The van der Waals surface area contributed by atoms with Gasteiger partial charge >= 0.3 is 0 Å². The number of ether oxygens (including phenoxy) is 1. The third kappa shape index (κ3) is 5.97. The summed E-state index contributed by atoms with van der Waals surface area (Å²) in [6.45, 7) is 14.2. The summed E-state index contributed by atoms with van der Waals surface area (Å²) in [6.07, 6.45) is 0. The zero-order chi connectivity index (χ0) is 14.3. The smallest absolute Gasteiger partial charge is 0.0646 e. The van der Waals surface area contributed by atoms with Crippen LogP contribution < -0.4 is 10.2 Å². The molecule has 0 fully saturated rings. The molecule has 0 atom stereocenters. The average Bonchev–Trinajstić information content (AvgIpc) is 2.37. The minimum absolute atomic E-state index is 0.0612. The van der Waals surface area contributed by atoms with Crippen LogP contribution in [0, 0.1) is 0 Å². The van der Waals surface area contributed by atoms with Gasteiger partial charge in [-0.15, -0.1) is 0 Å². The molecule has 108 valence electrons. The van der Waals surface area contributed by atoms with Crippen LogP contribution in [0.1, 0.15) is 34.6 Å². The second kappa shape index (κ2) is 7.39. The Kier molecular flexibility index (Phi) is 6.16. The van der Waals surface area contributed by atoms with Crippen molar-refractivity contribution in [2.24, 2.45) is 0 Å². The quantitative estimate of drug-likeness (QED) is 0.759. The molecule has 0 heterocycles. The van der Waals surface area contributed by atoms with Crippen molar-refractivity contribution in [3.8, 4) is 0 Å². The van der Waals surface area contributed by atoms with Crippen LogP contribution in [0.25, 0.3) is 0 Å². The van der Waals surface area contributed by atoms with Gasteiger partial charge in [0.1, 0.15) is 0 Å². The van der Waals surface area contributed by atoms with E-state index in [1.807, 2.05) is 0 Å². The molecule has 19 heavy (non-hydrogen) atoms. The molecule has 3 heteroatoms. The van der Waals surface area contributed by atoms with Gasteiger partial charge < -0.3 is 15.0 Å². The molecule has 0 amide bonds. The fourth-order valence-electron chi connectivity index (χ4n) is 1.93. The number of anilines is 2. The first-order valence-corrected chi connectivity index (χ1v) is 7.19. The maximum Gasteiger partial charge on any atom is 0.0646 e. The van der Waals surface area contributed by atoms with E-state index in [1.54, 1.807) is 0 Å². The van der Waals surface area contributed by atoms with Gasteiger partial charge in [-0.25, -0.2) is 0 Å². The van der Waals surface area contributed by atoms with Crippen LogP contribution in [-0.2, 0) is 4.74 Å². The van der Waals surface area contributed by atoms with E-state index in [2.05, 4.69) is 69.1 Å². The van der Waals surface area contributed by atoms with Crippen LogP contribution in [-0.4, -0.2) is 31.8 Å². The summed E-state index contributed by atoms with van der Waals surface area (Å²) in [5.74, 6) is 0. The maximum absolute atomic E-state index is 5.68. The summed E-state index contributed by atoms with van der Waals surface area (Å²) in [7, 11) is 0. The van der Waals surface area contributed by atoms with Gasteiger partial charge in [0.25, 0.3) is 0 Å². The summed E-state index contributed by atoms with van der Waals surface area (Å²) in [5.41, 5.74) is 2.36. The predicted octanol–water partition coefficient (Wildman–Crippen LogP) is 3.76. The summed E-state index contributed by atoms with van der Waals surface area (Å²) >= 11 is 0. The Labute approximate surface area is 118 Å². The van der Waals surface area contributed by atoms with Gasteiger partial charge in [-0.1, -0.05) is 0 Å². The van der Waals surface area contributed by atoms with Crippen LogP contribution in [0.15, 0.2) is 24.3 Å². The van der Waals surface area contributed by atoms with E-state index >= 15 is 0 Å². The zero-order valence-corrected chi connectivity index (χ0v) is 13.0. The van der Waals surface area contributed by atoms with Crippen molar-refractivity contribution in [1.29, 1.82) is 0 Å². The van der Waals surface area contributed by atoms with Crippen LogP contribution in [0.2, 0.25) is 0 Å².